The number of alkyl halides is 2. The lowest BCUT2D eigenvalue weighted by Gasteiger charge is -2.25. The van der Waals surface area contributed by atoms with Gasteiger partial charge in [0, 0.05) is 12.6 Å². The fourth-order valence-corrected chi connectivity index (χ4v) is 1.77. The highest BCUT2D eigenvalue weighted by molar-refractivity contribution is 5.75. The minimum atomic E-state index is -2.54. The molecule has 0 saturated carbocycles. The average molecular weight is 310 g/mol. The van der Waals surface area contributed by atoms with E-state index >= 15 is 0 Å². The second kappa shape index (κ2) is 9.49. The van der Waals surface area contributed by atoms with Crippen LogP contribution < -0.4 is 10.6 Å². The molecule has 0 spiro atoms. The van der Waals surface area contributed by atoms with Crippen LogP contribution in [0.3, 0.4) is 0 Å². The molecule has 0 radical (unpaired) electrons. The molecule has 8 heteroatoms. The van der Waals surface area contributed by atoms with Gasteiger partial charge in [-0.15, -0.1) is 0 Å². The summed E-state index contributed by atoms with van der Waals surface area (Å²) in [5.74, 6) is -0.996. The molecule has 0 fully saturated rings. The molecule has 0 aliphatic rings. The largest absolute Gasteiger partial charge is 0.481 e. The highest BCUT2D eigenvalue weighted by Gasteiger charge is 2.22. The van der Waals surface area contributed by atoms with Crippen LogP contribution in [-0.2, 0) is 9.53 Å². The van der Waals surface area contributed by atoms with Crippen LogP contribution in [0.2, 0.25) is 0 Å². The van der Waals surface area contributed by atoms with Crippen LogP contribution in [0, 0.1) is 5.41 Å². The van der Waals surface area contributed by atoms with E-state index in [9.17, 15) is 18.4 Å². The van der Waals surface area contributed by atoms with Gasteiger partial charge in [-0.25, -0.2) is 13.6 Å². The van der Waals surface area contributed by atoms with Gasteiger partial charge in [-0.3, -0.25) is 4.79 Å². The van der Waals surface area contributed by atoms with Crippen molar-refractivity contribution in [1.82, 2.24) is 10.6 Å². The van der Waals surface area contributed by atoms with Crippen LogP contribution in [-0.4, -0.2) is 49.3 Å². The molecule has 1 unspecified atom stereocenters. The van der Waals surface area contributed by atoms with Gasteiger partial charge in [0.25, 0.3) is 6.43 Å². The van der Waals surface area contributed by atoms with Gasteiger partial charge in [0.1, 0.15) is 6.61 Å². The summed E-state index contributed by atoms with van der Waals surface area (Å²) in [6.45, 7) is 5.21. The van der Waals surface area contributed by atoms with Crippen LogP contribution in [0.25, 0.3) is 0 Å². The molecule has 0 bridgehead atoms. The molecule has 0 aliphatic heterocycles. The van der Waals surface area contributed by atoms with E-state index in [1.165, 1.54) is 0 Å². The van der Waals surface area contributed by atoms with E-state index in [-0.39, 0.29) is 25.0 Å². The summed E-state index contributed by atoms with van der Waals surface area (Å²) >= 11 is 0. The molecular formula is C13H24F2N2O4. The summed E-state index contributed by atoms with van der Waals surface area (Å²) in [5.41, 5.74) is -0.131. The molecule has 0 rings (SSSR count). The topological polar surface area (TPSA) is 87.7 Å². The van der Waals surface area contributed by atoms with Crippen molar-refractivity contribution in [3.05, 3.63) is 0 Å². The number of carboxylic acids is 1. The Bertz CT molecular complexity index is 333. The minimum absolute atomic E-state index is 0.0272. The summed E-state index contributed by atoms with van der Waals surface area (Å²) in [7, 11) is 0. The van der Waals surface area contributed by atoms with Gasteiger partial charge in [0.2, 0.25) is 0 Å². The number of amides is 2. The molecular weight excluding hydrogens is 286 g/mol. The number of aliphatic carboxylic acids is 1. The first-order valence-electron chi connectivity index (χ1n) is 6.72. The third kappa shape index (κ3) is 13.3. The second-order valence-corrected chi connectivity index (χ2v) is 5.93. The molecule has 1 atom stereocenters. The molecule has 0 aliphatic carbocycles. The van der Waals surface area contributed by atoms with Crippen LogP contribution in [0.4, 0.5) is 13.6 Å². The number of ether oxygens (including phenoxy) is 1. The number of carboxylic acid groups (broad SMARTS) is 1. The van der Waals surface area contributed by atoms with Gasteiger partial charge in [-0.1, -0.05) is 20.8 Å². The Hall–Kier alpha value is -1.44. The van der Waals surface area contributed by atoms with Crippen molar-refractivity contribution in [2.24, 2.45) is 5.41 Å². The number of urea groups is 1. The maximum Gasteiger partial charge on any atom is 0.315 e. The first-order chi connectivity index (χ1) is 9.60. The predicted molar refractivity (Wildman–Crippen MR) is 73.5 cm³/mol. The smallest absolute Gasteiger partial charge is 0.315 e. The van der Waals surface area contributed by atoms with Crippen LogP contribution in [0.15, 0.2) is 0 Å². The Kier molecular flexibility index (Phi) is 8.84. The second-order valence-electron chi connectivity index (χ2n) is 5.93. The van der Waals surface area contributed by atoms with E-state index in [2.05, 4.69) is 15.4 Å². The monoisotopic (exact) mass is 310 g/mol. The summed E-state index contributed by atoms with van der Waals surface area (Å²) in [6.07, 6.45) is -2.20. The van der Waals surface area contributed by atoms with Gasteiger partial charge < -0.3 is 20.5 Å². The Morgan fingerprint density at radius 3 is 2.38 bits per heavy atom. The number of rotatable bonds is 9. The lowest BCUT2D eigenvalue weighted by molar-refractivity contribution is -0.137. The van der Waals surface area contributed by atoms with E-state index in [4.69, 9.17) is 5.11 Å². The SMILES string of the molecule is CC(C)(C)CC(CC(=O)O)NC(=O)NCCOCC(F)F. The van der Waals surface area contributed by atoms with Gasteiger partial charge in [-0.05, 0) is 11.8 Å². The Morgan fingerprint density at radius 2 is 1.90 bits per heavy atom. The zero-order chi connectivity index (χ0) is 16.5. The predicted octanol–water partition coefficient (Wildman–Crippen LogP) is 1.85. The molecule has 0 aromatic carbocycles. The van der Waals surface area contributed by atoms with Crippen molar-refractivity contribution in [1.29, 1.82) is 0 Å². The third-order valence-electron chi connectivity index (χ3n) is 2.39. The summed E-state index contributed by atoms with van der Waals surface area (Å²) in [5, 5.41) is 13.8. The molecule has 0 aromatic rings. The van der Waals surface area contributed by atoms with E-state index in [0.717, 1.165) is 0 Å². The van der Waals surface area contributed by atoms with Gasteiger partial charge in [0.05, 0.1) is 13.0 Å². The summed E-state index contributed by atoms with van der Waals surface area (Å²) < 4.78 is 28.2. The van der Waals surface area contributed by atoms with Crippen molar-refractivity contribution in [3.8, 4) is 0 Å². The molecule has 0 saturated heterocycles. The van der Waals surface area contributed by atoms with Crippen molar-refractivity contribution in [2.75, 3.05) is 19.8 Å². The van der Waals surface area contributed by atoms with E-state index in [1.54, 1.807) is 0 Å². The normalized spacial score (nSPS) is 13.0. The fourth-order valence-electron chi connectivity index (χ4n) is 1.77. The Morgan fingerprint density at radius 1 is 1.29 bits per heavy atom. The fraction of sp³-hybridized carbons (Fsp3) is 0.846. The zero-order valence-electron chi connectivity index (χ0n) is 12.6. The van der Waals surface area contributed by atoms with E-state index in [0.29, 0.717) is 6.42 Å². The van der Waals surface area contributed by atoms with Crippen molar-refractivity contribution < 1.29 is 28.2 Å². The Balaban J connectivity index is 4.07. The van der Waals surface area contributed by atoms with Gasteiger partial charge in [-0.2, -0.15) is 0 Å². The van der Waals surface area contributed by atoms with Crippen LogP contribution in [0.1, 0.15) is 33.6 Å². The quantitative estimate of drug-likeness (QED) is 0.567. The lowest BCUT2D eigenvalue weighted by atomic mass is 9.87. The number of hydrogen-bond donors (Lipinski definition) is 3. The third-order valence-corrected chi connectivity index (χ3v) is 2.39. The number of halogens is 2. The molecule has 6 nitrogen and oxygen atoms in total. The molecule has 124 valence electrons. The first kappa shape index (κ1) is 19.6. The van der Waals surface area contributed by atoms with Gasteiger partial charge >= 0.3 is 12.0 Å². The molecule has 0 heterocycles. The minimum Gasteiger partial charge on any atom is -0.481 e. The lowest BCUT2D eigenvalue weighted by Crippen LogP contribution is -2.45. The molecule has 0 aromatic heterocycles. The zero-order valence-corrected chi connectivity index (χ0v) is 12.6. The summed E-state index contributed by atoms with van der Waals surface area (Å²) in [4.78, 5) is 22.4. The Labute approximate surface area is 123 Å². The van der Waals surface area contributed by atoms with Crippen LogP contribution in [0.5, 0.6) is 0 Å². The number of carbonyl (C=O) groups is 2. The van der Waals surface area contributed by atoms with Crippen LogP contribution >= 0.6 is 0 Å². The molecule has 3 N–H and O–H groups in total. The average Bonchev–Trinajstić information content (AvgIpc) is 2.24. The highest BCUT2D eigenvalue weighted by atomic mass is 19.3. The van der Waals surface area contributed by atoms with E-state index in [1.807, 2.05) is 20.8 Å². The van der Waals surface area contributed by atoms with Crippen molar-refractivity contribution in [3.63, 3.8) is 0 Å². The molecule has 21 heavy (non-hydrogen) atoms. The van der Waals surface area contributed by atoms with Crippen molar-refractivity contribution >= 4 is 12.0 Å². The first-order valence-corrected chi connectivity index (χ1v) is 6.72. The number of carbonyl (C=O) groups excluding carboxylic acids is 1. The maximum absolute atomic E-state index is 11.8. The standard InChI is InChI=1S/C13H24F2N2O4/c1-13(2,3)7-9(6-11(18)19)17-12(20)16-4-5-21-8-10(14)15/h9-10H,4-8H2,1-3H3,(H,18,19)(H2,16,17,20). The summed E-state index contributed by atoms with van der Waals surface area (Å²) in [6, 6.07) is -1.03. The van der Waals surface area contributed by atoms with Crippen molar-refractivity contribution in [2.45, 2.75) is 46.1 Å². The maximum atomic E-state index is 11.8. The highest BCUT2D eigenvalue weighted by Crippen LogP contribution is 2.22. The van der Waals surface area contributed by atoms with E-state index < -0.39 is 31.1 Å². The van der Waals surface area contributed by atoms with Gasteiger partial charge in [0.15, 0.2) is 0 Å². The number of hydrogen-bond acceptors (Lipinski definition) is 3. The molecule has 2 amide bonds. The number of nitrogens with one attached hydrogen (secondary N) is 2.